The van der Waals surface area contributed by atoms with E-state index in [-0.39, 0.29) is 0 Å². The summed E-state index contributed by atoms with van der Waals surface area (Å²) in [6.45, 7) is 11.0. The Kier molecular flexibility index (Phi) is 4.44. The Morgan fingerprint density at radius 1 is 1.26 bits per heavy atom. The predicted octanol–water partition coefficient (Wildman–Crippen LogP) is 2.58. The molecule has 1 fully saturated rings. The average molecular weight is 288 g/mol. The minimum Gasteiger partial charge on any atom is -0.444 e. The normalized spacial score (nSPS) is 20.1. The number of amides is 1. The van der Waals surface area contributed by atoms with Crippen molar-refractivity contribution in [2.75, 3.05) is 0 Å². The molecule has 1 aliphatic rings. The van der Waals surface area contributed by atoms with Gasteiger partial charge in [0.25, 0.3) is 0 Å². The van der Waals surface area contributed by atoms with E-state index in [1.165, 1.54) is 0 Å². The van der Waals surface area contributed by atoms with Gasteiger partial charge in [0.05, 0.1) is 10.3 Å². The van der Waals surface area contributed by atoms with E-state index in [0.29, 0.717) is 0 Å². The molecule has 1 amide bonds. The Balaban J connectivity index is 2.57. The molecule has 0 saturated heterocycles. The SMILES string of the molecule is CC(C)(C)OC(=O)NC1(C=NS(=O)C(C)(C)C)CC1. The summed E-state index contributed by atoms with van der Waals surface area (Å²) in [4.78, 5) is 11.7. The van der Waals surface area contributed by atoms with Gasteiger partial charge in [-0.3, -0.25) is 0 Å². The zero-order chi connectivity index (χ0) is 14.9. The molecule has 1 aliphatic carbocycles. The van der Waals surface area contributed by atoms with Crippen molar-refractivity contribution in [3.63, 3.8) is 0 Å². The molecule has 6 heteroatoms. The molecule has 5 nitrogen and oxygen atoms in total. The highest BCUT2D eigenvalue weighted by molar-refractivity contribution is 7.85. The molecule has 0 heterocycles. The summed E-state index contributed by atoms with van der Waals surface area (Å²) in [7, 11) is -1.30. The second-order valence-electron chi connectivity index (χ2n) is 6.88. The fourth-order valence-electron chi connectivity index (χ4n) is 1.23. The second kappa shape index (κ2) is 5.23. The van der Waals surface area contributed by atoms with E-state index in [4.69, 9.17) is 4.74 Å². The molecular formula is C13H24N2O3S. The van der Waals surface area contributed by atoms with Crippen LogP contribution in [0.2, 0.25) is 0 Å². The lowest BCUT2D eigenvalue weighted by Gasteiger charge is -2.22. The zero-order valence-electron chi connectivity index (χ0n) is 12.6. The van der Waals surface area contributed by atoms with E-state index in [1.54, 1.807) is 6.21 Å². The van der Waals surface area contributed by atoms with Gasteiger partial charge in [0.2, 0.25) is 0 Å². The molecule has 0 aromatic heterocycles. The summed E-state index contributed by atoms with van der Waals surface area (Å²) >= 11 is 0. The van der Waals surface area contributed by atoms with Gasteiger partial charge in [-0.05, 0) is 54.4 Å². The van der Waals surface area contributed by atoms with Crippen molar-refractivity contribution in [2.45, 2.75) is 70.3 Å². The van der Waals surface area contributed by atoms with Gasteiger partial charge in [-0.15, -0.1) is 0 Å². The number of carbonyl (C=O) groups excluding carboxylic acids is 1. The van der Waals surface area contributed by atoms with E-state index in [0.717, 1.165) is 12.8 Å². The van der Waals surface area contributed by atoms with Gasteiger partial charge < -0.3 is 10.1 Å². The molecule has 0 aromatic rings. The number of rotatable bonds is 3. The molecule has 1 atom stereocenters. The molecule has 110 valence electrons. The third kappa shape index (κ3) is 5.72. The molecule has 0 aliphatic heterocycles. The number of carbonyl (C=O) groups is 1. The molecule has 1 rings (SSSR count). The minimum absolute atomic E-state index is 0.390. The van der Waals surface area contributed by atoms with Crippen LogP contribution in [0.4, 0.5) is 4.79 Å². The van der Waals surface area contributed by atoms with Gasteiger partial charge in [0.1, 0.15) is 16.6 Å². The zero-order valence-corrected chi connectivity index (χ0v) is 13.4. The lowest BCUT2D eigenvalue weighted by Crippen LogP contribution is -2.41. The van der Waals surface area contributed by atoms with E-state index >= 15 is 0 Å². The summed E-state index contributed by atoms with van der Waals surface area (Å²) in [5, 5.41) is 2.79. The van der Waals surface area contributed by atoms with Crippen molar-refractivity contribution in [2.24, 2.45) is 4.40 Å². The molecule has 0 spiro atoms. The predicted molar refractivity (Wildman–Crippen MR) is 77.7 cm³/mol. The number of alkyl carbamates (subject to hydrolysis) is 1. The number of nitrogens with zero attached hydrogens (tertiary/aromatic N) is 1. The van der Waals surface area contributed by atoms with Crippen molar-refractivity contribution in [1.82, 2.24) is 5.32 Å². The average Bonchev–Trinajstić information content (AvgIpc) is 2.90. The maximum Gasteiger partial charge on any atom is 0.408 e. The Morgan fingerprint density at radius 2 is 1.79 bits per heavy atom. The smallest absolute Gasteiger partial charge is 0.408 e. The summed E-state index contributed by atoms with van der Waals surface area (Å²) < 4.78 is 20.7. The highest BCUT2D eigenvalue weighted by Gasteiger charge is 2.44. The lowest BCUT2D eigenvalue weighted by atomic mass is 10.2. The second-order valence-corrected chi connectivity index (χ2v) is 8.81. The van der Waals surface area contributed by atoms with Gasteiger partial charge in [-0.1, -0.05) is 0 Å². The lowest BCUT2D eigenvalue weighted by molar-refractivity contribution is 0.0514. The van der Waals surface area contributed by atoms with E-state index in [2.05, 4.69) is 9.71 Å². The van der Waals surface area contributed by atoms with Crippen LogP contribution in [0.3, 0.4) is 0 Å². The van der Waals surface area contributed by atoms with Crippen LogP contribution in [0.25, 0.3) is 0 Å². The van der Waals surface area contributed by atoms with Gasteiger partial charge in [-0.2, -0.15) is 4.40 Å². The summed E-state index contributed by atoms with van der Waals surface area (Å²) in [6.07, 6.45) is 2.74. The molecule has 1 unspecified atom stereocenters. The van der Waals surface area contributed by atoms with Gasteiger partial charge in [0.15, 0.2) is 0 Å². The highest BCUT2D eigenvalue weighted by atomic mass is 32.2. The molecule has 1 saturated carbocycles. The monoisotopic (exact) mass is 288 g/mol. The standard InChI is InChI=1S/C13H24N2O3S/c1-11(2,3)18-10(16)15-13(7-8-13)9-14-19(17)12(4,5)6/h9H,7-8H2,1-6H3,(H,15,16). The maximum atomic E-state index is 11.8. The van der Waals surface area contributed by atoms with Crippen LogP contribution < -0.4 is 5.32 Å². The quantitative estimate of drug-likeness (QED) is 0.812. The fourth-order valence-corrected chi connectivity index (χ4v) is 1.85. The molecule has 1 N–H and O–H groups in total. The number of ether oxygens (including phenoxy) is 1. The first kappa shape index (κ1) is 16.1. The first-order chi connectivity index (χ1) is 8.44. The number of hydrogen-bond acceptors (Lipinski definition) is 3. The number of hydrogen-bond donors (Lipinski definition) is 1. The van der Waals surface area contributed by atoms with E-state index in [9.17, 15) is 9.00 Å². The van der Waals surface area contributed by atoms with Crippen LogP contribution >= 0.6 is 0 Å². The van der Waals surface area contributed by atoms with Crippen LogP contribution in [-0.2, 0) is 15.7 Å². The topological polar surface area (TPSA) is 67.8 Å². The summed E-state index contributed by atoms with van der Waals surface area (Å²) in [5.74, 6) is 0. The molecule has 0 bridgehead atoms. The number of nitrogens with one attached hydrogen (secondary N) is 1. The van der Waals surface area contributed by atoms with E-state index < -0.39 is 33.0 Å². The van der Waals surface area contributed by atoms with Crippen LogP contribution in [-0.4, -0.2) is 32.4 Å². The summed E-state index contributed by atoms with van der Waals surface area (Å²) in [6, 6.07) is 0. The maximum absolute atomic E-state index is 11.8. The van der Waals surface area contributed by atoms with Gasteiger partial charge in [-0.25, -0.2) is 9.00 Å². The summed E-state index contributed by atoms with van der Waals surface area (Å²) in [5.41, 5.74) is -0.991. The molecule has 0 radical (unpaired) electrons. The van der Waals surface area contributed by atoms with Gasteiger partial charge in [0, 0.05) is 6.21 Å². The Hall–Kier alpha value is -0.910. The first-order valence-corrected chi connectivity index (χ1v) is 7.53. The Morgan fingerprint density at radius 3 is 2.16 bits per heavy atom. The highest BCUT2D eigenvalue weighted by Crippen LogP contribution is 2.34. The molecule has 0 aromatic carbocycles. The molecule has 19 heavy (non-hydrogen) atoms. The minimum atomic E-state index is -1.30. The van der Waals surface area contributed by atoms with Crippen molar-refractivity contribution >= 4 is 23.3 Å². The van der Waals surface area contributed by atoms with Crippen molar-refractivity contribution in [3.05, 3.63) is 0 Å². The van der Waals surface area contributed by atoms with Gasteiger partial charge >= 0.3 is 6.09 Å². The third-order valence-corrected chi connectivity index (χ3v) is 3.80. The van der Waals surface area contributed by atoms with Crippen LogP contribution in [0, 0.1) is 0 Å². The van der Waals surface area contributed by atoms with Crippen molar-refractivity contribution in [1.29, 1.82) is 0 Å². The van der Waals surface area contributed by atoms with Crippen molar-refractivity contribution in [3.8, 4) is 0 Å². The fraction of sp³-hybridized carbons (Fsp3) is 0.846. The van der Waals surface area contributed by atoms with Crippen LogP contribution in [0.15, 0.2) is 4.40 Å². The van der Waals surface area contributed by atoms with Crippen LogP contribution in [0.5, 0.6) is 0 Å². The first-order valence-electron chi connectivity index (χ1n) is 6.42. The third-order valence-electron chi connectivity index (χ3n) is 2.46. The van der Waals surface area contributed by atoms with E-state index in [1.807, 2.05) is 41.5 Å². The van der Waals surface area contributed by atoms with Crippen molar-refractivity contribution < 1.29 is 13.7 Å². The largest absolute Gasteiger partial charge is 0.444 e. The Bertz CT molecular complexity index is 401. The molecular weight excluding hydrogens is 264 g/mol. The Labute approximate surface area is 117 Å². The van der Waals surface area contributed by atoms with Crippen LogP contribution in [0.1, 0.15) is 54.4 Å².